The van der Waals surface area contributed by atoms with Gasteiger partial charge in [-0.2, -0.15) is 0 Å². The SMILES string of the molecule is CC1CN(S(=O)(=O)CC2CCCCC2)CC1N.Cl. The number of rotatable bonds is 3. The van der Waals surface area contributed by atoms with E-state index in [9.17, 15) is 8.42 Å². The molecule has 4 nitrogen and oxygen atoms in total. The Bertz CT molecular complexity index is 345. The molecule has 1 heterocycles. The Morgan fingerprint density at radius 1 is 1.17 bits per heavy atom. The molecule has 2 unspecified atom stereocenters. The molecule has 108 valence electrons. The van der Waals surface area contributed by atoms with E-state index in [1.54, 1.807) is 4.31 Å². The Labute approximate surface area is 117 Å². The summed E-state index contributed by atoms with van der Waals surface area (Å²) in [4.78, 5) is 0. The minimum Gasteiger partial charge on any atom is -0.326 e. The highest BCUT2D eigenvalue weighted by atomic mass is 35.5. The molecule has 0 aromatic carbocycles. The topological polar surface area (TPSA) is 63.4 Å². The van der Waals surface area contributed by atoms with Crippen molar-refractivity contribution in [2.45, 2.75) is 45.1 Å². The van der Waals surface area contributed by atoms with Gasteiger partial charge in [0.1, 0.15) is 0 Å². The zero-order valence-electron chi connectivity index (χ0n) is 11.0. The van der Waals surface area contributed by atoms with Crippen molar-refractivity contribution in [3.63, 3.8) is 0 Å². The maximum atomic E-state index is 12.3. The van der Waals surface area contributed by atoms with Crippen LogP contribution in [0.2, 0.25) is 0 Å². The van der Waals surface area contributed by atoms with E-state index in [0.29, 0.717) is 24.8 Å². The Hall–Kier alpha value is 0.160. The van der Waals surface area contributed by atoms with Crippen LogP contribution >= 0.6 is 12.4 Å². The van der Waals surface area contributed by atoms with E-state index in [-0.39, 0.29) is 24.4 Å². The van der Waals surface area contributed by atoms with Gasteiger partial charge < -0.3 is 5.73 Å². The summed E-state index contributed by atoms with van der Waals surface area (Å²) in [6.45, 7) is 3.15. The summed E-state index contributed by atoms with van der Waals surface area (Å²) in [7, 11) is -3.07. The van der Waals surface area contributed by atoms with Crippen molar-refractivity contribution >= 4 is 22.4 Å². The van der Waals surface area contributed by atoms with Gasteiger partial charge >= 0.3 is 0 Å². The third-order valence-corrected chi connectivity index (χ3v) is 6.18. The normalized spacial score (nSPS) is 31.2. The van der Waals surface area contributed by atoms with E-state index in [4.69, 9.17) is 5.73 Å². The maximum absolute atomic E-state index is 12.3. The lowest BCUT2D eigenvalue weighted by molar-refractivity contribution is 0.374. The van der Waals surface area contributed by atoms with Gasteiger partial charge in [0.05, 0.1) is 5.75 Å². The van der Waals surface area contributed by atoms with Crippen molar-refractivity contribution in [3.8, 4) is 0 Å². The summed E-state index contributed by atoms with van der Waals surface area (Å²) < 4.78 is 26.1. The van der Waals surface area contributed by atoms with Crippen LogP contribution < -0.4 is 5.73 Å². The van der Waals surface area contributed by atoms with E-state index in [2.05, 4.69) is 0 Å². The first kappa shape index (κ1) is 16.2. The van der Waals surface area contributed by atoms with Crippen molar-refractivity contribution in [2.24, 2.45) is 17.6 Å². The van der Waals surface area contributed by atoms with E-state index >= 15 is 0 Å². The first-order valence-corrected chi connectivity index (χ1v) is 8.33. The lowest BCUT2D eigenvalue weighted by Crippen LogP contribution is -2.36. The number of hydrogen-bond donors (Lipinski definition) is 1. The van der Waals surface area contributed by atoms with Gasteiger partial charge in [0.2, 0.25) is 10.0 Å². The second-order valence-corrected chi connectivity index (χ2v) is 7.75. The van der Waals surface area contributed by atoms with Gasteiger partial charge in [-0.25, -0.2) is 12.7 Å². The first-order chi connectivity index (χ1) is 7.99. The van der Waals surface area contributed by atoms with Crippen LogP contribution in [0.3, 0.4) is 0 Å². The van der Waals surface area contributed by atoms with E-state index in [1.807, 2.05) is 6.92 Å². The fourth-order valence-corrected chi connectivity index (χ4v) is 4.93. The van der Waals surface area contributed by atoms with Gasteiger partial charge in [0, 0.05) is 19.1 Å². The smallest absolute Gasteiger partial charge is 0.214 e. The zero-order valence-corrected chi connectivity index (χ0v) is 12.7. The Kier molecular flexibility index (Phi) is 5.90. The van der Waals surface area contributed by atoms with Crippen LogP contribution in [0.25, 0.3) is 0 Å². The molecule has 0 amide bonds. The summed E-state index contributed by atoms with van der Waals surface area (Å²) in [5, 5.41) is 0. The van der Waals surface area contributed by atoms with Crippen LogP contribution in [0.4, 0.5) is 0 Å². The molecule has 0 aromatic heterocycles. The molecule has 2 fully saturated rings. The molecular formula is C12H25ClN2O2S. The molecule has 2 N–H and O–H groups in total. The van der Waals surface area contributed by atoms with Crippen LogP contribution in [0, 0.1) is 11.8 Å². The number of halogens is 1. The van der Waals surface area contributed by atoms with Gasteiger partial charge in [-0.15, -0.1) is 12.4 Å². The molecule has 2 atom stereocenters. The third kappa shape index (κ3) is 3.83. The molecule has 2 aliphatic rings. The molecule has 1 saturated carbocycles. The summed E-state index contributed by atoms with van der Waals surface area (Å²) in [5.41, 5.74) is 5.89. The quantitative estimate of drug-likeness (QED) is 0.860. The number of nitrogens with two attached hydrogens (primary N) is 1. The van der Waals surface area contributed by atoms with Crippen molar-refractivity contribution in [2.75, 3.05) is 18.8 Å². The second-order valence-electron chi connectivity index (χ2n) is 5.74. The maximum Gasteiger partial charge on any atom is 0.214 e. The third-order valence-electron chi connectivity index (χ3n) is 4.20. The number of hydrogen-bond acceptors (Lipinski definition) is 3. The fourth-order valence-electron chi connectivity index (χ4n) is 2.93. The van der Waals surface area contributed by atoms with Crippen molar-refractivity contribution in [1.29, 1.82) is 0 Å². The molecule has 2 rings (SSSR count). The van der Waals surface area contributed by atoms with Crippen LogP contribution in [0.5, 0.6) is 0 Å². The predicted molar refractivity (Wildman–Crippen MR) is 76.3 cm³/mol. The average molecular weight is 297 g/mol. The largest absolute Gasteiger partial charge is 0.326 e. The van der Waals surface area contributed by atoms with Gasteiger partial charge in [0.15, 0.2) is 0 Å². The van der Waals surface area contributed by atoms with Crippen molar-refractivity contribution in [1.82, 2.24) is 4.31 Å². The minimum atomic E-state index is -3.07. The molecule has 18 heavy (non-hydrogen) atoms. The van der Waals surface area contributed by atoms with Crippen molar-refractivity contribution in [3.05, 3.63) is 0 Å². The Balaban J connectivity index is 0.00000162. The highest BCUT2D eigenvalue weighted by molar-refractivity contribution is 7.89. The fraction of sp³-hybridized carbons (Fsp3) is 1.00. The zero-order chi connectivity index (χ0) is 12.5. The predicted octanol–water partition coefficient (Wildman–Crippen LogP) is 1.60. The Morgan fingerprint density at radius 3 is 2.28 bits per heavy atom. The van der Waals surface area contributed by atoms with Crippen LogP contribution in [0.15, 0.2) is 0 Å². The number of nitrogens with zero attached hydrogens (tertiary/aromatic N) is 1. The standard InChI is InChI=1S/C12H24N2O2S.ClH/c1-10-7-14(8-12(10)13)17(15,16)9-11-5-3-2-4-6-11;/h10-12H,2-9,13H2,1H3;1H. The highest BCUT2D eigenvalue weighted by Crippen LogP contribution is 2.27. The van der Waals surface area contributed by atoms with Crippen molar-refractivity contribution < 1.29 is 8.42 Å². The van der Waals surface area contributed by atoms with Gasteiger partial charge in [-0.3, -0.25) is 0 Å². The molecule has 1 aliphatic heterocycles. The van der Waals surface area contributed by atoms with Gasteiger partial charge in [-0.1, -0.05) is 26.2 Å². The van der Waals surface area contributed by atoms with Gasteiger partial charge in [-0.05, 0) is 24.7 Å². The van der Waals surface area contributed by atoms with Crippen LogP contribution in [0.1, 0.15) is 39.0 Å². The molecule has 0 spiro atoms. The molecule has 1 aliphatic carbocycles. The second kappa shape index (κ2) is 6.55. The molecule has 0 bridgehead atoms. The average Bonchev–Trinajstić information content (AvgIpc) is 2.61. The minimum absolute atomic E-state index is 0. The van der Waals surface area contributed by atoms with E-state index < -0.39 is 10.0 Å². The summed E-state index contributed by atoms with van der Waals surface area (Å²) in [6.07, 6.45) is 5.80. The van der Waals surface area contributed by atoms with E-state index in [1.165, 1.54) is 19.3 Å². The summed E-state index contributed by atoms with van der Waals surface area (Å²) in [6, 6.07) is 0.0103. The Morgan fingerprint density at radius 2 is 1.78 bits per heavy atom. The van der Waals surface area contributed by atoms with Crippen LogP contribution in [-0.2, 0) is 10.0 Å². The first-order valence-electron chi connectivity index (χ1n) is 6.72. The summed E-state index contributed by atoms with van der Waals surface area (Å²) in [5.74, 6) is 1.00. The lowest BCUT2D eigenvalue weighted by Gasteiger charge is -2.24. The highest BCUT2D eigenvalue weighted by Gasteiger charge is 2.35. The van der Waals surface area contributed by atoms with E-state index in [0.717, 1.165) is 12.8 Å². The molecule has 0 radical (unpaired) electrons. The van der Waals surface area contributed by atoms with Gasteiger partial charge in [0.25, 0.3) is 0 Å². The number of sulfonamides is 1. The molecule has 6 heteroatoms. The summed E-state index contributed by atoms with van der Waals surface area (Å²) >= 11 is 0. The molecule has 0 aromatic rings. The molecular weight excluding hydrogens is 272 g/mol. The monoisotopic (exact) mass is 296 g/mol. The van der Waals surface area contributed by atoms with Crippen LogP contribution in [-0.4, -0.2) is 37.6 Å². The molecule has 1 saturated heterocycles. The lowest BCUT2D eigenvalue weighted by atomic mass is 9.91.